The zero-order chi connectivity index (χ0) is 28.4. The van der Waals surface area contributed by atoms with Crippen molar-refractivity contribution in [3.63, 3.8) is 0 Å². The molecule has 38 heavy (non-hydrogen) atoms. The van der Waals surface area contributed by atoms with Crippen LogP contribution in [-0.4, -0.2) is 77.9 Å². The molecule has 1 atom stereocenters. The minimum atomic E-state index is -0.443. The zero-order valence-corrected chi connectivity index (χ0v) is 24.2. The van der Waals surface area contributed by atoms with E-state index in [2.05, 4.69) is 50.1 Å². The lowest BCUT2D eigenvalue weighted by atomic mass is 10.1. The van der Waals surface area contributed by atoms with Gasteiger partial charge in [-0.1, -0.05) is 25.1 Å². The molecule has 3 aromatic rings. The summed E-state index contributed by atoms with van der Waals surface area (Å²) in [6, 6.07) is 8.10. The monoisotopic (exact) mass is 547 g/mol. The van der Waals surface area contributed by atoms with Crippen molar-refractivity contribution in [1.82, 2.24) is 20.3 Å². The average Bonchev–Trinajstić information content (AvgIpc) is 3.54. The Kier molecular flexibility index (Phi) is 11.6. The number of piperazine rings is 1. The van der Waals surface area contributed by atoms with Crippen LogP contribution in [0.25, 0.3) is 11.4 Å². The van der Waals surface area contributed by atoms with Crippen molar-refractivity contribution in [3.05, 3.63) is 46.8 Å². The molecule has 3 heterocycles. The number of anilines is 1. The van der Waals surface area contributed by atoms with Gasteiger partial charge in [-0.3, -0.25) is 9.89 Å². The average molecular weight is 548 g/mol. The number of aromatic nitrogens is 3. The van der Waals surface area contributed by atoms with Gasteiger partial charge in [0.05, 0.1) is 14.2 Å². The van der Waals surface area contributed by atoms with E-state index in [1.54, 1.807) is 27.0 Å². The maximum atomic E-state index is 11.7. The molecule has 1 saturated heterocycles. The van der Waals surface area contributed by atoms with Gasteiger partial charge in [0.2, 0.25) is 5.91 Å². The SMILES string of the molecule is CC.COC(=O)c1c(-c2cc(C)on2)n[nH]c1C.COc1cc(N2CCN(C(=O)CCl)C(C)C2)ccc1C. The maximum absolute atomic E-state index is 11.7. The molecule has 1 aliphatic heterocycles. The van der Waals surface area contributed by atoms with Crippen molar-refractivity contribution in [2.45, 2.75) is 47.6 Å². The molecule has 10 nitrogen and oxygen atoms in total. The third kappa shape index (κ3) is 7.28. The number of aryl methyl sites for hydroxylation is 3. The van der Waals surface area contributed by atoms with E-state index in [1.807, 2.05) is 25.7 Å². The van der Waals surface area contributed by atoms with E-state index in [1.165, 1.54) is 7.11 Å². The van der Waals surface area contributed by atoms with Crippen LogP contribution in [0.15, 0.2) is 28.8 Å². The van der Waals surface area contributed by atoms with Crippen molar-refractivity contribution in [2.24, 2.45) is 0 Å². The van der Waals surface area contributed by atoms with E-state index in [-0.39, 0.29) is 17.8 Å². The Labute approximate surface area is 229 Å². The van der Waals surface area contributed by atoms with Crippen LogP contribution in [0.4, 0.5) is 5.69 Å². The summed E-state index contributed by atoms with van der Waals surface area (Å²) in [5.74, 6) is 1.19. The summed E-state index contributed by atoms with van der Waals surface area (Å²) in [5, 5.41) is 10.6. The molecule has 208 valence electrons. The third-order valence-corrected chi connectivity index (χ3v) is 6.25. The number of hydrogen-bond donors (Lipinski definition) is 1. The van der Waals surface area contributed by atoms with Gasteiger partial charge in [-0.05, 0) is 39.3 Å². The summed E-state index contributed by atoms with van der Waals surface area (Å²) in [7, 11) is 3.01. The van der Waals surface area contributed by atoms with Crippen molar-refractivity contribution in [1.29, 1.82) is 0 Å². The first-order valence-electron chi connectivity index (χ1n) is 12.5. The van der Waals surface area contributed by atoms with Crippen LogP contribution in [-0.2, 0) is 9.53 Å². The zero-order valence-electron chi connectivity index (χ0n) is 23.4. The number of halogens is 1. The molecule has 0 aliphatic carbocycles. The quantitative estimate of drug-likeness (QED) is 0.359. The van der Waals surface area contributed by atoms with Gasteiger partial charge in [0.1, 0.15) is 34.3 Å². The number of amides is 1. The lowest BCUT2D eigenvalue weighted by molar-refractivity contribution is -0.130. The third-order valence-electron chi connectivity index (χ3n) is 6.03. The molecular formula is C27H38ClN5O5. The number of nitrogens with zero attached hydrogens (tertiary/aromatic N) is 4. The summed E-state index contributed by atoms with van der Waals surface area (Å²) in [6.07, 6.45) is 0. The van der Waals surface area contributed by atoms with Crippen LogP contribution in [0.3, 0.4) is 0 Å². The van der Waals surface area contributed by atoms with Crippen molar-refractivity contribution >= 4 is 29.2 Å². The van der Waals surface area contributed by atoms with E-state index in [0.29, 0.717) is 35.0 Å². The number of H-pyrrole nitrogens is 1. The summed E-state index contributed by atoms with van der Waals surface area (Å²) < 4.78 is 15.0. The number of alkyl halides is 1. The van der Waals surface area contributed by atoms with Crippen LogP contribution >= 0.6 is 11.6 Å². The summed E-state index contributed by atoms with van der Waals surface area (Å²) >= 11 is 5.64. The van der Waals surface area contributed by atoms with Gasteiger partial charge in [0.25, 0.3) is 0 Å². The van der Waals surface area contributed by atoms with E-state index in [4.69, 9.17) is 20.9 Å². The van der Waals surface area contributed by atoms with E-state index in [9.17, 15) is 9.59 Å². The number of benzene rings is 1. The second kappa shape index (κ2) is 14.4. The molecule has 1 aromatic carbocycles. The first kappa shape index (κ1) is 30.7. The second-order valence-corrected chi connectivity index (χ2v) is 8.82. The number of methoxy groups -OCH3 is 2. The van der Waals surface area contributed by atoms with Crippen molar-refractivity contribution < 1.29 is 23.6 Å². The van der Waals surface area contributed by atoms with Gasteiger partial charge in [0, 0.05) is 49.2 Å². The highest BCUT2D eigenvalue weighted by Crippen LogP contribution is 2.27. The highest BCUT2D eigenvalue weighted by atomic mass is 35.5. The van der Waals surface area contributed by atoms with Gasteiger partial charge < -0.3 is 23.8 Å². The molecule has 1 unspecified atom stereocenters. The minimum absolute atomic E-state index is 0.0142. The van der Waals surface area contributed by atoms with Crippen LogP contribution in [0, 0.1) is 20.8 Å². The molecular weight excluding hydrogens is 510 g/mol. The molecule has 1 fully saturated rings. The number of ether oxygens (including phenoxy) is 2. The Bertz CT molecular complexity index is 1210. The van der Waals surface area contributed by atoms with Gasteiger partial charge in [-0.2, -0.15) is 5.10 Å². The molecule has 0 bridgehead atoms. The number of rotatable bonds is 5. The molecule has 0 saturated carbocycles. The smallest absolute Gasteiger partial charge is 0.342 e. The number of nitrogens with one attached hydrogen (secondary N) is 1. The Morgan fingerprint density at radius 3 is 2.42 bits per heavy atom. The van der Waals surface area contributed by atoms with Crippen molar-refractivity contribution in [2.75, 3.05) is 44.6 Å². The lowest BCUT2D eigenvalue weighted by Gasteiger charge is -2.41. The van der Waals surface area contributed by atoms with Crippen LogP contribution in [0.1, 0.15) is 48.1 Å². The van der Waals surface area contributed by atoms with Crippen molar-refractivity contribution in [3.8, 4) is 17.1 Å². The highest BCUT2D eigenvalue weighted by molar-refractivity contribution is 6.27. The Morgan fingerprint density at radius 2 is 1.87 bits per heavy atom. The molecule has 0 spiro atoms. The van der Waals surface area contributed by atoms with E-state index >= 15 is 0 Å². The largest absolute Gasteiger partial charge is 0.496 e. The van der Waals surface area contributed by atoms with Gasteiger partial charge >= 0.3 is 5.97 Å². The Hall–Kier alpha value is -3.53. The predicted octanol–water partition coefficient (Wildman–Crippen LogP) is 4.77. The maximum Gasteiger partial charge on any atom is 0.342 e. The molecule has 2 aromatic heterocycles. The van der Waals surface area contributed by atoms with Crippen LogP contribution < -0.4 is 9.64 Å². The van der Waals surface area contributed by atoms with E-state index in [0.717, 1.165) is 30.1 Å². The molecule has 0 radical (unpaired) electrons. The molecule has 1 aliphatic rings. The summed E-state index contributed by atoms with van der Waals surface area (Å²) in [5.41, 5.74) is 4.25. The summed E-state index contributed by atoms with van der Waals surface area (Å²) in [4.78, 5) is 27.4. The highest BCUT2D eigenvalue weighted by Gasteiger charge is 2.27. The van der Waals surface area contributed by atoms with Crippen LogP contribution in [0.5, 0.6) is 5.75 Å². The fourth-order valence-corrected chi connectivity index (χ4v) is 4.24. The number of hydrogen-bond acceptors (Lipinski definition) is 8. The molecule has 1 amide bonds. The molecule has 1 N–H and O–H groups in total. The summed E-state index contributed by atoms with van der Waals surface area (Å²) in [6.45, 7) is 13.9. The fraction of sp³-hybridized carbons (Fsp3) is 0.481. The molecule has 4 rings (SSSR count). The molecule has 11 heteroatoms. The first-order chi connectivity index (χ1) is 18.2. The first-order valence-corrected chi connectivity index (χ1v) is 13.1. The van der Waals surface area contributed by atoms with Gasteiger partial charge in [-0.25, -0.2) is 4.79 Å². The van der Waals surface area contributed by atoms with Gasteiger partial charge in [-0.15, -0.1) is 11.6 Å². The Balaban J connectivity index is 0.000000256. The topological polar surface area (TPSA) is 114 Å². The normalized spacial score (nSPS) is 14.6. The van der Waals surface area contributed by atoms with Gasteiger partial charge in [0.15, 0.2) is 0 Å². The standard InChI is InChI=1S/C15H21ClN2O2.C10H11N3O3.C2H6/c1-11-4-5-13(8-14(11)20-3)17-6-7-18(12(2)10-17)15(19)9-16;1-5-4-7(13-16-5)9-8(10(14)15-3)6(2)11-12-9;1-2/h4-5,8,12H,6-7,9-10H2,1-3H3;4H,1-3H3,(H,11,12);1-2H3. The van der Waals surface area contributed by atoms with E-state index < -0.39 is 5.97 Å². The second-order valence-electron chi connectivity index (χ2n) is 8.56. The minimum Gasteiger partial charge on any atom is -0.496 e. The number of carbonyl (C=O) groups is 2. The number of carbonyl (C=O) groups excluding carboxylic acids is 2. The number of esters is 1. The van der Waals surface area contributed by atoms with Crippen LogP contribution in [0.2, 0.25) is 0 Å². The number of aromatic amines is 1. The predicted molar refractivity (Wildman–Crippen MR) is 148 cm³/mol. The lowest BCUT2D eigenvalue weighted by Crippen LogP contribution is -2.54. The Morgan fingerprint density at radius 1 is 1.16 bits per heavy atom. The fourth-order valence-electron chi connectivity index (χ4n) is 4.09.